The first-order chi connectivity index (χ1) is 54.5. The Kier molecular flexibility index (Phi) is 42.4. The molecule has 114 heavy (non-hydrogen) atoms. The molecule has 40 heteroatoms. The summed E-state index contributed by atoms with van der Waals surface area (Å²) in [5.41, 5.74) is 8.86. The number of phenols is 1. The van der Waals surface area contributed by atoms with Gasteiger partial charge in [0, 0.05) is 43.8 Å². The Morgan fingerprint density at radius 1 is 0.605 bits per heavy atom. The second kappa shape index (κ2) is 49.7. The van der Waals surface area contributed by atoms with E-state index < -0.39 is 247 Å². The SMILES string of the molecule is CCCCCCCCCCCCC/C=C/C(O)C(CO[C@@H]1O[C@H](CO)[C@@H](O[C@@H]2O[C@H](CO)[C@H](O)[C@H](O[C@@H]3O[C@H](CO)[C@@H](O[C@@H]4O[C@H](CO)[C@H](O)[C@H](O[C@@]5(C(=O)O)C[C@H](O)[C@@H](NC(C)=O)[C@H]([C@H](O)[C@H](O)CO)O5)[C@H]4O)[C@H](O)[C@H]3NC(C)=O)[C@H]2O)[C@H](O)[C@H]1O)NC(=O)CCCCCCCCCCCNC(=O)c1ccc(N=[N+]=[N-])cc1O. The molecule has 0 spiro atoms. The van der Waals surface area contributed by atoms with Crippen LogP contribution >= 0.6 is 0 Å². The summed E-state index contributed by atoms with van der Waals surface area (Å²) in [5.74, 6) is -8.17. The van der Waals surface area contributed by atoms with Gasteiger partial charge in [0.1, 0.15) is 122 Å². The molecule has 5 heterocycles. The number of rotatable bonds is 50. The number of carboxylic acids is 1. The topological polar surface area (TPSA) is 639 Å². The van der Waals surface area contributed by atoms with Gasteiger partial charge in [-0.25, -0.2) is 4.79 Å². The number of carboxylic acid groups (broad SMARTS) is 1. The third kappa shape index (κ3) is 28.3. The van der Waals surface area contributed by atoms with Gasteiger partial charge in [-0.3, -0.25) is 19.2 Å². The molecule has 22 N–H and O–H groups in total. The number of azide groups is 1. The van der Waals surface area contributed by atoms with Gasteiger partial charge < -0.3 is 161 Å². The van der Waals surface area contributed by atoms with Crippen LogP contribution in [-0.2, 0) is 66.5 Å². The summed E-state index contributed by atoms with van der Waals surface area (Å²) in [5, 5.41) is 213. The van der Waals surface area contributed by atoms with Gasteiger partial charge in [0.05, 0.1) is 69.5 Å². The molecular weight excluding hydrogens is 1510 g/mol. The number of carbonyl (C=O) groups excluding carboxylic acids is 4. The van der Waals surface area contributed by atoms with Gasteiger partial charge in [-0.2, -0.15) is 0 Å². The third-order valence-corrected chi connectivity index (χ3v) is 20.8. The van der Waals surface area contributed by atoms with Crippen molar-refractivity contribution in [3.8, 4) is 5.75 Å². The van der Waals surface area contributed by atoms with E-state index in [0.717, 1.165) is 90.9 Å². The fourth-order valence-corrected chi connectivity index (χ4v) is 14.4. The Bertz CT molecular complexity index is 3110. The average molecular weight is 1640 g/mol. The van der Waals surface area contributed by atoms with Crippen LogP contribution in [0.2, 0.25) is 0 Å². The number of nitrogens with one attached hydrogen (secondary N) is 4. The van der Waals surface area contributed by atoms with Crippen molar-refractivity contribution in [3.05, 3.63) is 46.4 Å². The number of amides is 4. The van der Waals surface area contributed by atoms with Gasteiger partial charge in [-0.05, 0) is 43.3 Å². The maximum Gasteiger partial charge on any atom is 0.364 e. The highest BCUT2D eigenvalue weighted by atomic mass is 16.8. The molecule has 5 aliphatic rings. The van der Waals surface area contributed by atoms with Crippen molar-refractivity contribution in [3.63, 3.8) is 0 Å². The van der Waals surface area contributed by atoms with Gasteiger partial charge in [-0.15, -0.1) is 0 Å². The zero-order valence-corrected chi connectivity index (χ0v) is 64.7. The van der Waals surface area contributed by atoms with E-state index in [-0.39, 0.29) is 23.4 Å². The monoisotopic (exact) mass is 1640 g/mol. The summed E-state index contributed by atoms with van der Waals surface area (Å²) in [6, 6.07) is -0.666. The smallest absolute Gasteiger partial charge is 0.364 e. The van der Waals surface area contributed by atoms with Crippen molar-refractivity contribution in [2.24, 2.45) is 5.11 Å². The molecule has 1 aromatic carbocycles. The van der Waals surface area contributed by atoms with E-state index in [0.29, 0.717) is 19.4 Å². The molecule has 2 unspecified atom stereocenters. The molecule has 5 fully saturated rings. The number of phenolic OH excluding ortho intramolecular Hbond substituents is 1. The van der Waals surface area contributed by atoms with Crippen LogP contribution in [0.1, 0.15) is 179 Å². The maximum atomic E-state index is 13.6. The summed E-state index contributed by atoms with van der Waals surface area (Å²) in [6.07, 6.45) is -25.5. The molecule has 0 saturated carbocycles. The molecule has 5 saturated heterocycles. The van der Waals surface area contributed by atoms with Crippen LogP contribution in [0.5, 0.6) is 5.75 Å². The van der Waals surface area contributed by atoms with Crippen LogP contribution in [0.15, 0.2) is 35.5 Å². The van der Waals surface area contributed by atoms with Gasteiger partial charge in [-0.1, -0.05) is 139 Å². The number of ether oxygens (including phenoxy) is 10. The van der Waals surface area contributed by atoms with Crippen molar-refractivity contribution >= 4 is 35.3 Å². The summed E-state index contributed by atoms with van der Waals surface area (Å²) >= 11 is 0. The zero-order valence-electron chi connectivity index (χ0n) is 64.7. The van der Waals surface area contributed by atoms with E-state index >= 15 is 0 Å². The second-order valence-electron chi connectivity index (χ2n) is 29.7. The van der Waals surface area contributed by atoms with E-state index in [1.807, 2.05) is 0 Å². The fraction of sp³-hybridized carbons (Fsp3) is 0.824. The van der Waals surface area contributed by atoms with Crippen LogP contribution in [0.25, 0.3) is 10.4 Å². The molecule has 0 aliphatic carbocycles. The number of benzene rings is 1. The lowest BCUT2D eigenvalue weighted by molar-refractivity contribution is -0.390. The highest BCUT2D eigenvalue weighted by Gasteiger charge is 2.61. The summed E-state index contributed by atoms with van der Waals surface area (Å²) < 4.78 is 58.7. The number of aliphatic hydroxyl groups excluding tert-OH is 16. The molecular formula is C74H123N7O33. The predicted molar refractivity (Wildman–Crippen MR) is 394 cm³/mol. The number of hydrogen-bond acceptors (Lipinski definition) is 33. The molecule has 652 valence electrons. The molecule has 28 atom stereocenters. The van der Waals surface area contributed by atoms with E-state index in [1.54, 1.807) is 6.08 Å². The van der Waals surface area contributed by atoms with Gasteiger partial charge in [0.15, 0.2) is 25.2 Å². The van der Waals surface area contributed by atoms with E-state index in [2.05, 4.69) is 38.2 Å². The number of aromatic hydroxyl groups is 1. The standard InChI is InChI=1S/C74H123N7O33/c1-4-5-6-7-8-9-10-11-12-14-17-20-23-26-44(89)43(79-52(93)27-24-21-18-15-13-16-19-22-25-30-76-68(102)42-29-28-41(80-81-75)31-45(42)90)38-105-70-60(99)59(98)64(51(37-86)109-70)111-71-61(100)66(56(95)48(34-83)106-71)112-69-54(78-40(3)88)58(97)63(50(36-85)108-69)110-72-62(101)67(57(96)49(35-84)107-72)114-74(73(103)104)32-46(91)53(77-39(2)87)65(113-74)55(94)47(92)33-82/h23,26,28-29,31,43-44,46-51,53-67,69-72,82-86,89-92,94-101H,4-22,24-25,27,30,32-38H2,1-3H3,(H,76,102)(H,77,87)(H,78,88)(H,79,93)(H,103,104)/b26-23+/t43?,44?,46-,47+,48+,49+,50+,51+,53+,54+,55+,56-,57-,58+,59+,60+,61+,62+,63+,64+,65+,66-,67-,69-,70+,71-,72-,74+/m0/s1. The van der Waals surface area contributed by atoms with Crippen LogP contribution in [-0.4, -0.2) is 339 Å². The minimum absolute atomic E-state index is 0.0697. The Labute approximate surface area is 660 Å². The molecule has 0 aromatic heterocycles. The number of carbonyl (C=O) groups is 5. The normalized spacial score (nSPS) is 33.0. The lowest BCUT2D eigenvalue weighted by Gasteiger charge is -2.51. The van der Waals surface area contributed by atoms with Crippen LogP contribution < -0.4 is 21.3 Å². The van der Waals surface area contributed by atoms with Gasteiger partial charge in [0.25, 0.3) is 11.7 Å². The van der Waals surface area contributed by atoms with E-state index in [9.17, 15) is 116 Å². The molecule has 1 aromatic rings. The number of unbranched alkanes of at least 4 members (excludes halogenated alkanes) is 19. The maximum absolute atomic E-state index is 13.6. The number of nitrogens with zero attached hydrogens (tertiary/aromatic N) is 3. The van der Waals surface area contributed by atoms with Crippen molar-refractivity contribution < 1.29 is 163 Å². The highest BCUT2D eigenvalue weighted by Crippen LogP contribution is 2.40. The van der Waals surface area contributed by atoms with E-state index in [1.165, 1.54) is 69.2 Å². The lowest BCUT2D eigenvalue weighted by Crippen LogP contribution is -2.71. The molecule has 0 radical (unpaired) electrons. The van der Waals surface area contributed by atoms with Gasteiger partial charge >= 0.3 is 5.97 Å². The predicted octanol–water partition coefficient (Wildman–Crippen LogP) is -2.33. The lowest BCUT2D eigenvalue weighted by atomic mass is 9.88. The average Bonchev–Trinajstić information content (AvgIpc) is 0.754. The Morgan fingerprint density at radius 3 is 1.64 bits per heavy atom. The zero-order chi connectivity index (χ0) is 83.8. The number of aliphatic hydroxyl groups is 16. The molecule has 6 rings (SSSR count). The van der Waals surface area contributed by atoms with Crippen molar-refractivity contribution in [1.82, 2.24) is 21.3 Å². The summed E-state index contributed by atoms with van der Waals surface area (Å²) in [4.78, 5) is 66.9. The number of hydrogen-bond donors (Lipinski definition) is 22. The first kappa shape index (κ1) is 97.2. The summed E-state index contributed by atoms with van der Waals surface area (Å²) in [6.45, 7) is -1.35. The third-order valence-electron chi connectivity index (χ3n) is 20.8. The largest absolute Gasteiger partial charge is 0.507 e. The van der Waals surface area contributed by atoms with Crippen LogP contribution in [0.4, 0.5) is 5.69 Å². The Morgan fingerprint density at radius 2 is 1.11 bits per heavy atom. The van der Waals surface area contributed by atoms with Crippen LogP contribution in [0, 0.1) is 0 Å². The van der Waals surface area contributed by atoms with Gasteiger partial charge in [0.2, 0.25) is 17.7 Å². The Hall–Kier alpha value is -5.62. The number of allylic oxidation sites excluding steroid dienone is 1. The summed E-state index contributed by atoms with van der Waals surface area (Å²) in [7, 11) is 0. The minimum Gasteiger partial charge on any atom is -0.507 e. The molecule has 40 nitrogen and oxygen atoms in total. The first-order valence-electron chi connectivity index (χ1n) is 39.5. The fourth-order valence-electron chi connectivity index (χ4n) is 14.4. The minimum atomic E-state index is -3.21. The van der Waals surface area contributed by atoms with Crippen LogP contribution in [0.3, 0.4) is 0 Å². The molecule has 5 aliphatic heterocycles. The quantitative estimate of drug-likeness (QED) is 0.0107. The van der Waals surface area contributed by atoms with Crippen molar-refractivity contribution in [2.75, 3.05) is 46.2 Å². The van der Waals surface area contributed by atoms with E-state index in [4.69, 9.17) is 52.9 Å². The highest BCUT2D eigenvalue weighted by molar-refractivity contribution is 5.97. The second-order valence-corrected chi connectivity index (χ2v) is 29.7. The molecule has 0 bridgehead atoms. The molecule has 4 amide bonds. The van der Waals surface area contributed by atoms with Crippen molar-refractivity contribution in [2.45, 2.75) is 340 Å². The van der Waals surface area contributed by atoms with Crippen molar-refractivity contribution in [1.29, 1.82) is 0 Å². The Balaban J connectivity index is 1.07. The number of aliphatic carboxylic acids is 1. The first-order valence-corrected chi connectivity index (χ1v) is 39.5.